The Kier molecular flexibility index (Phi) is 10.3. The summed E-state index contributed by atoms with van der Waals surface area (Å²) in [6.07, 6.45) is 11.2. The summed E-state index contributed by atoms with van der Waals surface area (Å²) in [6, 6.07) is 0. The van der Waals surface area contributed by atoms with Gasteiger partial charge in [-0.2, -0.15) is 0 Å². The average molecular weight is 599 g/mol. The molecule has 0 aliphatic heterocycles. The van der Waals surface area contributed by atoms with Crippen LogP contribution in [0.25, 0.3) is 0 Å². The van der Waals surface area contributed by atoms with E-state index in [0.717, 1.165) is 23.0 Å². The second-order valence-electron chi connectivity index (χ2n) is 14.3. The van der Waals surface area contributed by atoms with Crippen LogP contribution in [0.15, 0.2) is 47.3 Å². The molecule has 0 heterocycles. The van der Waals surface area contributed by atoms with Crippen LogP contribution in [0.2, 0.25) is 78.6 Å². The molecule has 0 aromatic rings. The molecule has 0 spiro atoms. The zero-order valence-electron chi connectivity index (χ0n) is 26.6. The molecule has 0 amide bonds. The first kappa shape index (κ1) is 33.2. The maximum atomic E-state index is 6.56. The van der Waals surface area contributed by atoms with Crippen LogP contribution in [0.3, 0.4) is 0 Å². The summed E-state index contributed by atoms with van der Waals surface area (Å²) < 4.78 is 39.1. The van der Waals surface area contributed by atoms with Gasteiger partial charge in [0.15, 0.2) is 0 Å². The Labute approximate surface area is 237 Å². The summed E-state index contributed by atoms with van der Waals surface area (Å²) in [4.78, 5) is 0. The third-order valence-corrected chi connectivity index (χ3v) is 9.56. The normalized spacial score (nSPS) is 20.7. The number of methoxy groups -OCH3 is 2. The van der Waals surface area contributed by atoms with Crippen LogP contribution in [0, 0.1) is 0 Å². The quantitative estimate of drug-likeness (QED) is 0.223. The van der Waals surface area contributed by atoms with Gasteiger partial charge in [-0.15, -0.1) is 0 Å². The summed E-state index contributed by atoms with van der Waals surface area (Å²) in [5, 5.41) is 0. The van der Waals surface area contributed by atoms with Crippen LogP contribution >= 0.6 is 0 Å². The van der Waals surface area contributed by atoms with Crippen molar-refractivity contribution in [2.45, 2.75) is 115 Å². The Morgan fingerprint density at radius 3 is 0.737 bits per heavy atom. The highest BCUT2D eigenvalue weighted by atomic mass is 28.4. The van der Waals surface area contributed by atoms with Gasteiger partial charge < -0.3 is 27.2 Å². The molecular formula is C28H54O6Si4. The molecule has 2 aliphatic carbocycles. The van der Waals surface area contributed by atoms with E-state index in [-0.39, 0.29) is 0 Å². The Morgan fingerprint density at radius 1 is 0.421 bits per heavy atom. The number of rotatable bonds is 11. The Bertz CT molecular complexity index is 810. The van der Waals surface area contributed by atoms with Crippen molar-refractivity contribution in [1.82, 2.24) is 0 Å². The molecule has 0 aromatic carbocycles. The zero-order valence-corrected chi connectivity index (χ0v) is 30.6. The summed E-state index contributed by atoms with van der Waals surface area (Å²) in [7, 11) is -3.89. The van der Waals surface area contributed by atoms with E-state index in [9.17, 15) is 0 Å². The van der Waals surface area contributed by atoms with Crippen molar-refractivity contribution in [2.24, 2.45) is 0 Å². The summed E-state index contributed by atoms with van der Waals surface area (Å²) in [6.45, 7) is 26.4. The third kappa shape index (κ3) is 9.26. The second kappa shape index (κ2) is 11.8. The van der Waals surface area contributed by atoms with Crippen molar-refractivity contribution in [3.63, 3.8) is 0 Å². The van der Waals surface area contributed by atoms with E-state index in [2.05, 4.69) is 103 Å². The van der Waals surface area contributed by atoms with Gasteiger partial charge in [-0.3, -0.25) is 0 Å². The van der Waals surface area contributed by atoms with Gasteiger partial charge in [0.1, 0.15) is 34.2 Å². The van der Waals surface area contributed by atoms with Crippen molar-refractivity contribution >= 4 is 33.3 Å². The predicted molar refractivity (Wildman–Crippen MR) is 168 cm³/mol. The lowest BCUT2D eigenvalue weighted by atomic mass is 9.73. The van der Waals surface area contributed by atoms with Gasteiger partial charge in [-0.1, -0.05) is 0 Å². The minimum absolute atomic E-state index is 0.633. The summed E-state index contributed by atoms with van der Waals surface area (Å²) >= 11 is 0. The van der Waals surface area contributed by atoms with Crippen molar-refractivity contribution in [3.05, 3.63) is 47.3 Å². The molecular weight excluding hydrogens is 545 g/mol. The lowest BCUT2D eigenvalue weighted by molar-refractivity contribution is -0.180. The summed E-state index contributed by atoms with van der Waals surface area (Å²) in [5.74, 6) is 3.34. The maximum Gasteiger partial charge on any atom is 0.242 e. The van der Waals surface area contributed by atoms with Crippen LogP contribution in [0.4, 0.5) is 0 Å². The summed E-state index contributed by atoms with van der Waals surface area (Å²) in [5.41, 5.74) is -1.27. The van der Waals surface area contributed by atoms with E-state index in [4.69, 9.17) is 27.2 Å². The van der Waals surface area contributed by atoms with Crippen molar-refractivity contribution in [3.8, 4) is 0 Å². The lowest BCUT2D eigenvalue weighted by Gasteiger charge is -2.47. The highest BCUT2D eigenvalue weighted by molar-refractivity contribution is 6.71. The van der Waals surface area contributed by atoms with Gasteiger partial charge in [0.05, 0.1) is 0 Å². The van der Waals surface area contributed by atoms with Crippen LogP contribution in [0.1, 0.15) is 25.7 Å². The lowest BCUT2D eigenvalue weighted by Crippen LogP contribution is -2.55. The number of hydrogen-bond donors (Lipinski definition) is 0. The number of hydrogen-bond acceptors (Lipinski definition) is 6. The number of ether oxygens (including phenoxy) is 2. The molecule has 0 saturated heterocycles. The van der Waals surface area contributed by atoms with E-state index in [1.165, 1.54) is 0 Å². The molecule has 218 valence electrons. The first-order valence-corrected chi connectivity index (χ1v) is 27.4. The molecule has 0 aromatic heterocycles. The Balaban J connectivity index is 2.62. The first-order valence-electron chi connectivity index (χ1n) is 13.8. The molecule has 0 saturated carbocycles. The van der Waals surface area contributed by atoms with Gasteiger partial charge in [0, 0.05) is 39.9 Å². The second-order valence-corrected chi connectivity index (χ2v) is 32.1. The van der Waals surface area contributed by atoms with Crippen molar-refractivity contribution < 1.29 is 27.2 Å². The van der Waals surface area contributed by atoms with Gasteiger partial charge in [0.25, 0.3) is 0 Å². The van der Waals surface area contributed by atoms with Gasteiger partial charge in [-0.05, 0) is 103 Å². The standard InChI is InChI=1S/C28H54O6Si4/c1-29-27(19-15-23(31-35(3,4)5)24(16-20-27)32-36(6,7)8)28(30-2)21-17-25(33-37(9,10)11)26(18-22-28)34-38(12,13)14/h15-18H,19-22H2,1-14H3. The van der Waals surface area contributed by atoms with E-state index in [1.807, 2.05) is 0 Å². The SMILES string of the molecule is COC1(C2(OC)CC=C(O[Si](C)(C)C)C(O[Si](C)(C)C)=CC2)CC=C(O[Si](C)(C)C)C(O[Si](C)(C)C)=CC1. The van der Waals surface area contributed by atoms with Crippen LogP contribution < -0.4 is 0 Å². The molecule has 38 heavy (non-hydrogen) atoms. The van der Waals surface area contributed by atoms with E-state index < -0.39 is 44.5 Å². The fourth-order valence-corrected chi connectivity index (χ4v) is 8.11. The van der Waals surface area contributed by atoms with E-state index in [1.54, 1.807) is 14.2 Å². The fourth-order valence-electron chi connectivity index (χ4n) is 4.74. The molecule has 10 heteroatoms. The van der Waals surface area contributed by atoms with Crippen LogP contribution in [0.5, 0.6) is 0 Å². The Hall–Kier alpha value is -1.05. The van der Waals surface area contributed by atoms with Gasteiger partial charge in [-0.25, -0.2) is 0 Å². The van der Waals surface area contributed by atoms with Crippen LogP contribution in [-0.4, -0.2) is 58.7 Å². The minimum atomic E-state index is -1.87. The molecule has 0 N–H and O–H groups in total. The predicted octanol–water partition coefficient (Wildman–Crippen LogP) is 8.29. The Morgan fingerprint density at radius 2 is 0.605 bits per heavy atom. The fraction of sp³-hybridized carbons (Fsp3) is 0.714. The molecule has 2 aliphatic rings. The smallest absolute Gasteiger partial charge is 0.242 e. The highest BCUT2D eigenvalue weighted by Crippen LogP contribution is 2.47. The van der Waals surface area contributed by atoms with Crippen LogP contribution in [-0.2, 0) is 27.2 Å². The van der Waals surface area contributed by atoms with E-state index in [0.29, 0.717) is 25.7 Å². The van der Waals surface area contributed by atoms with Crippen molar-refractivity contribution in [1.29, 1.82) is 0 Å². The molecule has 6 nitrogen and oxygen atoms in total. The van der Waals surface area contributed by atoms with Gasteiger partial charge >= 0.3 is 0 Å². The van der Waals surface area contributed by atoms with Gasteiger partial charge in [0.2, 0.25) is 33.3 Å². The minimum Gasteiger partial charge on any atom is -0.542 e. The zero-order chi connectivity index (χ0) is 29.2. The first-order chi connectivity index (χ1) is 17.1. The van der Waals surface area contributed by atoms with Crippen molar-refractivity contribution in [2.75, 3.05) is 14.2 Å². The highest BCUT2D eigenvalue weighted by Gasteiger charge is 2.52. The van der Waals surface area contributed by atoms with E-state index >= 15 is 0 Å². The molecule has 0 unspecified atom stereocenters. The average Bonchev–Trinajstić information content (AvgIpc) is 2.99. The molecule has 0 radical (unpaired) electrons. The topological polar surface area (TPSA) is 55.4 Å². The maximum absolute atomic E-state index is 6.56. The monoisotopic (exact) mass is 598 g/mol. The molecule has 0 atom stereocenters. The third-order valence-electron chi connectivity index (χ3n) is 6.23. The molecule has 0 fully saturated rings. The largest absolute Gasteiger partial charge is 0.542 e. The molecule has 0 bridgehead atoms. The molecule has 2 rings (SSSR count).